The maximum Gasteiger partial charge on any atom is 0.253 e. The molecule has 0 aromatic heterocycles. The van der Waals surface area contributed by atoms with Crippen LogP contribution in [-0.4, -0.2) is 39.2 Å². The predicted octanol–water partition coefficient (Wildman–Crippen LogP) is 3.29. The second-order valence-corrected chi connectivity index (χ2v) is 5.53. The third kappa shape index (κ3) is 3.79. The fourth-order valence-electron chi connectivity index (χ4n) is 2.56. The van der Waals surface area contributed by atoms with Crippen LogP contribution in [0.5, 0.6) is 17.2 Å². The summed E-state index contributed by atoms with van der Waals surface area (Å²) >= 11 is 0. The molecule has 0 fully saturated rings. The van der Waals surface area contributed by atoms with E-state index in [9.17, 15) is 4.79 Å². The molecule has 0 saturated heterocycles. The van der Waals surface area contributed by atoms with E-state index in [2.05, 4.69) is 0 Å². The molecule has 5 heteroatoms. The van der Waals surface area contributed by atoms with Gasteiger partial charge in [0.2, 0.25) is 0 Å². The Balaban J connectivity index is 2.15. The summed E-state index contributed by atoms with van der Waals surface area (Å²) in [6.07, 6.45) is 0. The lowest BCUT2D eigenvalue weighted by Gasteiger charge is -2.19. The van der Waals surface area contributed by atoms with Crippen LogP contribution >= 0.6 is 0 Å². The molecule has 2 aromatic carbocycles. The van der Waals surface area contributed by atoms with Gasteiger partial charge in [0, 0.05) is 19.2 Å². The van der Waals surface area contributed by atoms with Crippen molar-refractivity contribution in [2.45, 2.75) is 13.5 Å². The average Bonchev–Trinajstić information content (AvgIpc) is 2.60. The highest BCUT2D eigenvalue weighted by Gasteiger charge is 2.14. The number of amides is 1. The van der Waals surface area contributed by atoms with Crippen LogP contribution in [0.15, 0.2) is 36.4 Å². The van der Waals surface area contributed by atoms with E-state index in [1.165, 1.54) is 0 Å². The second kappa shape index (κ2) is 7.73. The summed E-state index contributed by atoms with van der Waals surface area (Å²) in [5, 5.41) is 0. The van der Waals surface area contributed by atoms with Gasteiger partial charge in [-0.15, -0.1) is 0 Å². The molecule has 128 valence electrons. The molecule has 0 spiro atoms. The van der Waals surface area contributed by atoms with Gasteiger partial charge in [-0.1, -0.05) is 6.07 Å². The van der Waals surface area contributed by atoms with Crippen LogP contribution in [0.3, 0.4) is 0 Å². The highest BCUT2D eigenvalue weighted by atomic mass is 16.5. The van der Waals surface area contributed by atoms with Crippen LogP contribution in [0.1, 0.15) is 21.5 Å². The number of hydrogen-bond donors (Lipinski definition) is 0. The molecule has 0 N–H and O–H groups in total. The molecule has 2 rings (SSSR count). The standard InChI is InChI=1S/C19H23NO4/c1-13-10-15(7-9-16(13)22-3)19(21)20(2)12-14-6-8-17(23-4)18(11-14)24-5/h6-11H,12H2,1-5H3. The van der Waals surface area contributed by atoms with E-state index in [4.69, 9.17) is 14.2 Å². The summed E-state index contributed by atoms with van der Waals surface area (Å²) < 4.78 is 15.8. The van der Waals surface area contributed by atoms with Gasteiger partial charge in [-0.3, -0.25) is 4.79 Å². The maximum atomic E-state index is 12.6. The molecule has 0 saturated carbocycles. The van der Waals surface area contributed by atoms with Crippen molar-refractivity contribution in [1.29, 1.82) is 0 Å². The SMILES string of the molecule is COc1ccc(C(=O)N(C)Cc2ccc(OC)c(OC)c2)cc1C. The lowest BCUT2D eigenvalue weighted by Crippen LogP contribution is -2.26. The molecule has 0 aliphatic rings. The Bertz CT molecular complexity index is 727. The summed E-state index contributed by atoms with van der Waals surface area (Å²) in [7, 11) is 6.58. The van der Waals surface area contributed by atoms with Gasteiger partial charge < -0.3 is 19.1 Å². The summed E-state index contributed by atoms with van der Waals surface area (Å²) in [6.45, 7) is 2.40. The Morgan fingerprint density at radius 1 is 0.917 bits per heavy atom. The minimum atomic E-state index is -0.0458. The van der Waals surface area contributed by atoms with E-state index in [1.54, 1.807) is 39.3 Å². The molecular weight excluding hydrogens is 306 g/mol. The highest BCUT2D eigenvalue weighted by Crippen LogP contribution is 2.28. The van der Waals surface area contributed by atoms with Crippen molar-refractivity contribution < 1.29 is 19.0 Å². The Labute approximate surface area is 142 Å². The molecule has 5 nitrogen and oxygen atoms in total. The fourth-order valence-corrected chi connectivity index (χ4v) is 2.56. The van der Waals surface area contributed by atoms with E-state index in [0.29, 0.717) is 23.6 Å². The van der Waals surface area contributed by atoms with Crippen molar-refractivity contribution >= 4 is 5.91 Å². The highest BCUT2D eigenvalue weighted by molar-refractivity contribution is 5.94. The Hall–Kier alpha value is -2.69. The number of carbonyl (C=O) groups is 1. The van der Waals surface area contributed by atoms with Crippen LogP contribution in [0.2, 0.25) is 0 Å². The van der Waals surface area contributed by atoms with Crippen molar-refractivity contribution in [2.24, 2.45) is 0 Å². The second-order valence-electron chi connectivity index (χ2n) is 5.53. The van der Waals surface area contributed by atoms with Crippen LogP contribution < -0.4 is 14.2 Å². The minimum Gasteiger partial charge on any atom is -0.496 e. The monoisotopic (exact) mass is 329 g/mol. The molecular formula is C19H23NO4. The zero-order valence-electron chi connectivity index (χ0n) is 14.8. The van der Waals surface area contributed by atoms with Crippen LogP contribution in [0, 0.1) is 6.92 Å². The first-order valence-electron chi connectivity index (χ1n) is 7.61. The topological polar surface area (TPSA) is 48.0 Å². The summed E-state index contributed by atoms with van der Waals surface area (Å²) in [4.78, 5) is 14.3. The van der Waals surface area contributed by atoms with Gasteiger partial charge in [-0.2, -0.15) is 0 Å². The van der Waals surface area contributed by atoms with Crippen molar-refractivity contribution in [1.82, 2.24) is 4.90 Å². The first-order valence-corrected chi connectivity index (χ1v) is 7.61. The van der Waals surface area contributed by atoms with Gasteiger partial charge in [-0.05, 0) is 48.4 Å². The van der Waals surface area contributed by atoms with Crippen molar-refractivity contribution in [3.8, 4) is 17.2 Å². The first kappa shape index (κ1) is 17.7. The van der Waals surface area contributed by atoms with Crippen molar-refractivity contribution in [3.63, 3.8) is 0 Å². The van der Waals surface area contributed by atoms with Crippen molar-refractivity contribution in [3.05, 3.63) is 53.1 Å². The van der Waals surface area contributed by atoms with E-state index in [1.807, 2.05) is 37.3 Å². The lowest BCUT2D eigenvalue weighted by atomic mass is 10.1. The first-order chi connectivity index (χ1) is 11.5. The smallest absolute Gasteiger partial charge is 0.253 e. The molecule has 0 atom stereocenters. The van der Waals surface area contributed by atoms with Gasteiger partial charge in [0.1, 0.15) is 5.75 Å². The normalized spacial score (nSPS) is 10.2. The van der Waals surface area contributed by atoms with E-state index < -0.39 is 0 Å². The molecule has 2 aromatic rings. The van der Waals surface area contributed by atoms with Crippen LogP contribution in [-0.2, 0) is 6.54 Å². The summed E-state index contributed by atoms with van der Waals surface area (Å²) in [5.41, 5.74) is 2.54. The van der Waals surface area contributed by atoms with E-state index in [0.717, 1.165) is 16.9 Å². The van der Waals surface area contributed by atoms with Gasteiger partial charge in [0.15, 0.2) is 11.5 Å². The third-order valence-electron chi connectivity index (χ3n) is 3.86. The largest absolute Gasteiger partial charge is 0.496 e. The molecule has 0 heterocycles. The number of methoxy groups -OCH3 is 3. The average molecular weight is 329 g/mol. The van der Waals surface area contributed by atoms with Gasteiger partial charge in [-0.25, -0.2) is 0 Å². The van der Waals surface area contributed by atoms with Gasteiger partial charge in [0.05, 0.1) is 21.3 Å². The lowest BCUT2D eigenvalue weighted by molar-refractivity contribution is 0.0785. The van der Waals surface area contributed by atoms with Gasteiger partial charge >= 0.3 is 0 Å². The Kier molecular flexibility index (Phi) is 5.68. The molecule has 0 bridgehead atoms. The predicted molar refractivity (Wildman–Crippen MR) is 93.1 cm³/mol. The zero-order chi connectivity index (χ0) is 17.7. The van der Waals surface area contributed by atoms with Gasteiger partial charge in [0.25, 0.3) is 5.91 Å². The molecule has 24 heavy (non-hydrogen) atoms. The number of ether oxygens (including phenoxy) is 3. The van der Waals surface area contributed by atoms with Crippen LogP contribution in [0.4, 0.5) is 0 Å². The van der Waals surface area contributed by atoms with E-state index >= 15 is 0 Å². The van der Waals surface area contributed by atoms with E-state index in [-0.39, 0.29) is 5.91 Å². The molecule has 0 aliphatic heterocycles. The number of nitrogens with zero attached hydrogens (tertiary/aromatic N) is 1. The number of benzene rings is 2. The molecule has 0 radical (unpaired) electrons. The van der Waals surface area contributed by atoms with Crippen LogP contribution in [0.25, 0.3) is 0 Å². The number of hydrogen-bond acceptors (Lipinski definition) is 4. The molecule has 0 aliphatic carbocycles. The summed E-state index contributed by atoms with van der Waals surface area (Å²) in [5.74, 6) is 2.04. The quantitative estimate of drug-likeness (QED) is 0.816. The number of aryl methyl sites for hydroxylation is 1. The third-order valence-corrected chi connectivity index (χ3v) is 3.86. The maximum absolute atomic E-state index is 12.6. The number of rotatable bonds is 6. The summed E-state index contributed by atoms with van der Waals surface area (Å²) in [6, 6.07) is 11.1. The van der Waals surface area contributed by atoms with Crippen molar-refractivity contribution in [2.75, 3.05) is 28.4 Å². The zero-order valence-corrected chi connectivity index (χ0v) is 14.8. The minimum absolute atomic E-state index is 0.0458. The Morgan fingerprint density at radius 2 is 1.54 bits per heavy atom. The molecule has 1 amide bonds. The fraction of sp³-hybridized carbons (Fsp3) is 0.316. The Morgan fingerprint density at radius 3 is 2.12 bits per heavy atom. The number of carbonyl (C=O) groups excluding carboxylic acids is 1. The molecule has 0 unspecified atom stereocenters.